The number of aromatic nitrogens is 1. The molecule has 1 aromatic carbocycles. The third-order valence-electron chi connectivity index (χ3n) is 1.91. The van der Waals surface area contributed by atoms with E-state index >= 15 is 0 Å². The van der Waals surface area contributed by atoms with E-state index in [-0.39, 0.29) is 0 Å². The van der Waals surface area contributed by atoms with Gasteiger partial charge in [0.1, 0.15) is 5.75 Å². The average molecular weight is 164 g/mol. The molecule has 12 heavy (non-hydrogen) atoms. The van der Waals surface area contributed by atoms with Gasteiger partial charge < -0.3 is 9.30 Å². The number of hydrogen-bond acceptors (Lipinski definition) is 1. The first kappa shape index (κ1) is 4.55. The second-order valence-corrected chi connectivity index (χ2v) is 2.58. The lowest BCUT2D eigenvalue weighted by Gasteiger charge is -2.01. The number of ether oxygens (including phenoxy) is 1. The highest BCUT2D eigenvalue weighted by molar-refractivity contribution is 5.86. The Balaban J connectivity index is 2.72. The molecule has 1 heterocycles. The lowest BCUT2D eigenvalue weighted by Crippen LogP contribution is -1.85. The number of methoxy groups -OCH3 is 1. The van der Waals surface area contributed by atoms with E-state index in [1.807, 2.05) is 6.07 Å². The van der Waals surface area contributed by atoms with Gasteiger partial charge in [-0.1, -0.05) is 6.07 Å². The lowest BCUT2D eigenvalue weighted by atomic mass is 10.2. The maximum Gasteiger partial charge on any atom is 0.128 e. The van der Waals surface area contributed by atoms with Crippen molar-refractivity contribution in [3.8, 4) is 5.75 Å². The first-order valence-electron chi connectivity index (χ1n) is 5.18. The highest BCUT2D eigenvalue weighted by Gasteiger charge is 2.01. The molecule has 0 saturated heterocycles. The van der Waals surface area contributed by atoms with Gasteiger partial charge in [-0.15, -0.1) is 0 Å². The van der Waals surface area contributed by atoms with Crippen LogP contribution in [-0.4, -0.2) is 11.7 Å². The normalized spacial score (nSPS) is 15.2. The maximum absolute atomic E-state index is 7.35. The number of benzene rings is 1. The van der Waals surface area contributed by atoms with Crippen LogP contribution in [0.25, 0.3) is 10.9 Å². The second-order valence-electron chi connectivity index (χ2n) is 2.58. The number of nitrogens with zero attached hydrogens (tertiary/aromatic N) is 1. The Morgan fingerprint density at radius 2 is 2.33 bits per heavy atom. The largest absolute Gasteiger partial charge is 0.496 e. The smallest absolute Gasteiger partial charge is 0.128 e. The molecule has 2 heteroatoms. The molecular weight excluding hydrogens is 150 g/mol. The van der Waals surface area contributed by atoms with Crippen LogP contribution in [0.1, 0.15) is 4.11 Å². The molecule has 0 atom stereocenters. The predicted octanol–water partition coefficient (Wildman–Crippen LogP) is 2.19. The molecule has 0 aliphatic rings. The summed E-state index contributed by atoms with van der Waals surface area (Å²) >= 11 is 0. The summed E-state index contributed by atoms with van der Waals surface area (Å²) in [5.41, 5.74) is 0.661. The third kappa shape index (κ3) is 0.881. The molecule has 62 valence electrons. The van der Waals surface area contributed by atoms with Crippen molar-refractivity contribution in [3.05, 3.63) is 30.5 Å². The zero-order valence-corrected chi connectivity index (χ0v) is 6.74. The number of aryl methyl sites for hydroxylation is 1. The van der Waals surface area contributed by atoms with Crippen molar-refractivity contribution < 1.29 is 8.85 Å². The van der Waals surface area contributed by atoms with Crippen molar-refractivity contribution in [1.82, 2.24) is 4.57 Å². The standard InChI is InChI=1S/C10H11NO/c1-11-7-6-8-9(11)4-3-5-10(8)12-2/h3-7H,1-2H3/i1D3. The van der Waals surface area contributed by atoms with Crippen LogP contribution in [0.5, 0.6) is 5.75 Å². The van der Waals surface area contributed by atoms with E-state index in [0.717, 1.165) is 5.39 Å². The van der Waals surface area contributed by atoms with E-state index in [1.165, 1.54) is 4.57 Å². The molecule has 0 radical (unpaired) electrons. The van der Waals surface area contributed by atoms with Gasteiger partial charge in [0, 0.05) is 22.7 Å². The first-order valence-corrected chi connectivity index (χ1v) is 3.68. The quantitative estimate of drug-likeness (QED) is 0.630. The summed E-state index contributed by atoms with van der Waals surface area (Å²) in [6.07, 6.45) is 1.56. The molecule has 2 aromatic rings. The average Bonchev–Trinajstić information content (AvgIpc) is 2.59. The van der Waals surface area contributed by atoms with E-state index < -0.39 is 6.98 Å². The molecule has 0 aliphatic heterocycles. The molecule has 1 aromatic heterocycles. The van der Waals surface area contributed by atoms with E-state index in [9.17, 15) is 0 Å². The van der Waals surface area contributed by atoms with Crippen LogP contribution < -0.4 is 4.74 Å². The Hall–Kier alpha value is -1.44. The summed E-state index contributed by atoms with van der Waals surface area (Å²) in [4.78, 5) is 0. The summed E-state index contributed by atoms with van der Waals surface area (Å²) < 4.78 is 28.5. The van der Waals surface area contributed by atoms with Gasteiger partial charge in [-0.2, -0.15) is 0 Å². The Kier molecular flexibility index (Phi) is 0.969. The van der Waals surface area contributed by atoms with Gasteiger partial charge in [0.2, 0.25) is 0 Å². The van der Waals surface area contributed by atoms with Crippen molar-refractivity contribution in [2.75, 3.05) is 7.11 Å². The van der Waals surface area contributed by atoms with Crippen LogP contribution in [0.3, 0.4) is 0 Å². The van der Waals surface area contributed by atoms with Gasteiger partial charge >= 0.3 is 0 Å². The second kappa shape index (κ2) is 2.55. The first-order chi connectivity index (χ1) is 7.04. The molecule has 0 bridgehead atoms. The Labute approximate surface area is 75.6 Å². The third-order valence-corrected chi connectivity index (χ3v) is 1.91. The summed E-state index contributed by atoms with van der Waals surface area (Å²) in [6.45, 7) is -2.14. The van der Waals surface area contributed by atoms with Crippen molar-refractivity contribution >= 4 is 10.9 Å². The summed E-state index contributed by atoms with van der Waals surface area (Å²) in [6, 6.07) is 7.11. The molecule has 2 rings (SSSR count). The van der Waals surface area contributed by atoms with Gasteiger partial charge in [-0.05, 0) is 18.2 Å². The lowest BCUT2D eigenvalue weighted by molar-refractivity contribution is 0.420. The Morgan fingerprint density at radius 1 is 1.42 bits per heavy atom. The predicted molar refractivity (Wildman–Crippen MR) is 49.5 cm³/mol. The van der Waals surface area contributed by atoms with Crippen LogP contribution in [0.2, 0.25) is 0 Å². The minimum atomic E-state index is -2.14. The van der Waals surface area contributed by atoms with Gasteiger partial charge in [0.15, 0.2) is 0 Å². The van der Waals surface area contributed by atoms with Crippen LogP contribution in [0.15, 0.2) is 30.5 Å². The van der Waals surface area contributed by atoms with Crippen molar-refractivity contribution in [3.63, 3.8) is 0 Å². The minimum absolute atomic E-state index is 0.661. The van der Waals surface area contributed by atoms with Crippen LogP contribution in [0, 0.1) is 0 Å². The minimum Gasteiger partial charge on any atom is -0.496 e. The molecule has 2 nitrogen and oxygen atoms in total. The number of hydrogen-bond donors (Lipinski definition) is 0. The summed E-state index contributed by atoms with van der Waals surface area (Å²) in [5.74, 6) is 0.690. The van der Waals surface area contributed by atoms with E-state index in [2.05, 4.69) is 0 Å². The van der Waals surface area contributed by atoms with E-state index in [0.29, 0.717) is 11.3 Å². The molecule has 0 spiro atoms. The van der Waals surface area contributed by atoms with Gasteiger partial charge in [0.05, 0.1) is 12.6 Å². The van der Waals surface area contributed by atoms with Crippen molar-refractivity contribution in [1.29, 1.82) is 0 Å². The molecule has 0 aliphatic carbocycles. The molecule has 0 saturated carbocycles. The van der Waals surface area contributed by atoms with Crippen molar-refractivity contribution in [2.24, 2.45) is 6.98 Å². The molecule has 0 amide bonds. The van der Waals surface area contributed by atoms with Gasteiger partial charge in [-0.25, -0.2) is 0 Å². The fourth-order valence-electron chi connectivity index (χ4n) is 1.32. The molecule has 0 N–H and O–H groups in total. The van der Waals surface area contributed by atoms with Crippen LogP contribution in [0.4, 0.5) is 0 Å². The topological polar surface area (TPSA) is 14.2 Å². The Morgan fingerprint density at radius 3 is 3.08 bits per heavy atom. The van der Waals surface area contributed by atoms with Gasteiger partial charge in [0.25, 0.3) is 0 Å². The molecule has 0 fully saturated rings. The highest BCUT2D eigenvalue weighted by atomic mass is 16.5. The fourth-order valence-corrected chi connectivity index (χ4v) is 1.32. The monoisotopic (exact) mass is 164 g/mol. The maximum atomic E-state index is 7.35. The molecular formula is C10H11NO. The fraction of sp³-hybridized carbons (Fsp3) is 0.200. The summed E-state index contributed by atoms with van der Waals surface area (Å²) in [5, 5.41) is 0.816. The number of rotatable bonds is 1. The van der Waals surface area contributed by atoms with Crippen LogP contribution >= 0.6 is 0 Å². The van der Waals surface area contributed by atoms with E-state index in [4.69, 9.17) is 8.85 Å². The zero-order valence-electron chi connectivity index (χ0n) is 9.74. The number of fused-ring (bicyclic) bond motifs is 1. The molecule has 0 unspecified atom stereocenters. The zero-order chi connectivity index (χ0) is 11.1. The van der Waals surface area contributed by atoms with Crippen molar-refractivity contribution in [2.45, 2.75) is 0 Å². The Bertz CT molecular complexity index is 487. The summed E-state index contributed by atoms with van der Waals surface area (Å²) in [7, 11) is 1.57. The van der Waals surface area contributed by atoms with Gasteiger partial charge in [-0.3, -0.25) is 0 Å². The highest BCUT2D eigenvalue weighted by Crippen LogP contribution is 2.25. The SMILES string of the molecule is [2H]C([2H])([2H])n1ccc2c(OC)cccc21. The van der Waals surface area contributed by atoms with E-state index in [1.54, 1.807) is 31.5 Å². The van der Waals surface area contributed by atoms with Crippen LogP contribution in [-0.2, 0) is 6.98 Å².